The van der Waals surface area contributed by atoms with Crippen molar-refractivity contribution in [2.75, 3.05) is 6.54 Å². The van der Waals surface area contributed by atoms with Crippen molar-refractivity contribution in [2.24, 2.45) is 11.5 Å². The van der Waals surface area contributed by atoms with Crippen LogP contribution in [0.2, 0.25) is 3.67 Å². The van der Waals surface area contributed by atoms with E-state index in [0.717, 1.165) is 0 Å². The third-order valence-electron chi connectivity index (χ3n) is 3.63. The summed E-state index contributed by atoms with van der Waals surface area (Å²) in [6, 6.07) is 0.515. The van der Waals surface area contributed by atoms with Gasteiger partial charge in [0, 0.05) is 0 Å². The van der Waals surface area contributed by atoms with Crippen molar-refractivity contribution >= 4 is 33.9 Å². The van der Waals surface area contributed by atoms with Gasteiger partial charge in [-0.15, -0.1) is 0 Å². The molecule has 0 aromatic rings. The Bertz CT molecular complexity index is 216. The maximum atomic E-state index is 9.24. The maximum Gasteiger partial charge on any atom is 0.317 e. The van der Waals surface area contributed by atoms with Crippen LogP contribution in [0.1, 0.15) is 77.6 Å². The third-order valence-corrected chi connectivity index (χ3v) is 4.68. The minimum Gasteiger partial charge on any atom is -0.480 e. The third kappa shape index (κ3) is 25.7. The van der Waals surface area contributed by atoms with E-state index in [-0.39, 0.29) is 6.54 Å². The smallest absolute Gasteiger partial charge is 0.317 e. The summed E-state index contributed by atoms with van der Waals surface area (Å²) in [7, 11) is 0. The SMILES string of the molecule is CCCCCCCCCCCCC(N)[CH2][Na].NCC(=O)O. The first-order valence-corrected chi connectivity index (χ1v) is 10.2. The predicted molar refractivity (Wildman–Crippen MR) is 91.7 cm³/mol. The Morgan fingerprint density at radius 1 is 1.00 bits per heavy atom. The van der Waals surface area contributed by atoms with E-state index in [1.54, 1.807) is 0 Å². The second-order valence-electron chi connectivity index (χ2n) is 5.74. The van der Waals surface area contributed by atoms with Gasteiger partial charge < -0.3 is 10.8 Å². The fourth-order valence-electron chi connectivity index (χ4n) is 2.10. The van der Waals surface area contributed by atoms with Crippen molar-refractivity contribution < 1.29 is 9.90 Å². The Morgan fingerprint density at radius 2 is 1.38 bits per heavy atom. The van der Waals surface area contributed by atoms with Crippen LogP contribution in [0, 0.1) is 0 Å². The first-order valence-electron chi connectivity index (χ1n) is 8.75. The van der Waals surface area contributed by atoms with Crippen LogP contribution in [0.5, 0.6) is 0 Å². The summed E-state index contributed by atoms with van der Waals surface area (Å²) in [4.78, 5) is 9.24. The Morgan fingerprint density at radius 3 is 1.71 bits per heavy atom. The first kappa shape index (κ1) is 23.7. The van der Waals surface area contributed by atoms with Crippen LogP contribution in [0.15, 0.2) is 0 Å². The Kier molecular flexibility index (Phi) is 23.0. The zero-order chi connectivity index (χ0) is 16.3. The summed E-state index contributed by atoms with van der Waals surface area (Å²) >= 11 is 1.27. The van der Waals surface area contributed by atoms with Crippen molar-refractivity contribution in [3.8, 4) is 0 Å². The van der Waals surface area contributed by atoms with E-state index in [1.807, 2.05) is 0 Å². The molecule has 4 nitrogen and oxygen atoms in total. The van der Waals surface area contributed by atoms with Crippen molar-refractivity contribution in [1.29, 1.82) is 0 Å². The molecular formula is C16H35N2NaO2. The van der Waals surface area contributed by atoms with Gasteiger partial charge >= 0.3 is 114 Å². The van der Waals surface area contributed by atoms with E-state index in [1.165, 1.54) is 102 Å². The van der Waals surface area contributed by atoms with Crippen LogP contribution in [0.3, 0.4) is 0 Å². The molecule has 1 unspecified atom stereocenters. The number of unbranched alkanes of at least 4 members (excludes halogenated alkanes) is 9. The van der Waals surface area contributed by atoms with Gasteiger partial charge in [0.15, 0.2) is 0 Å². The fraction of sp³-hybridized carbons (Fsp3) is 0.938. The van der Waals surface area contributed by atoms with E-state index >= 15 is 0 Å². The van der Waals surface area contributed by atoms with E-state index < -0.39 is 5.97 Å². The zero-order valence-corrected chi connectivity index (χ0v) is 16.3. The van der Waals surface area contributed by atoms with Gasteiger partial charge in [-0.2, -0.15) is 0 Å². The molecule has 5 N–H and O–H groups in total. The number of carbonyl (C=O) groups is 1. The van der Waals surface area contributed by atoms with Gasteiger partial charge in [0.05, 0.1) is 6.54 Å². The molecule has 0 aliphatic carbocycles. The summed E-state index contributed by atoms with van der Waals surface area (Å²) in [6.07, 6.45) is 15.5. The van der Waals surface area contributed by atoms with E-state index in [0.29, 0.717) is 6.04 Å². The van der Waals surface area contributed by atoms with Gasteiger partial charge in [-0.05, 0) is 0 Å². The fourth-order valence-corrected chi connectivity index (χ4v) is 2.51. The Hall–Kier alpha value is 0.390. The maximum absolute atomic E-state index is 9.24. The van der Waals surface area contributed by atoms with Crippen LogP contribution < -0.4 is 11.5 Å². The van der Waals surface area contributed by atoms with Gasteiger partial charge in [-0.25, -0.2) is 0 Å². The normalized spacial score (nSPS) is 11.7. The Balaban J connectivity index is 0. The Labute approximate surface area is 148 Å². The summed E-state index contributed by atoms with van der Waals surface area (Å²) in [5.74, 6) is -0.968. The van der Waals surface area contributed by atoms with E-state index in [2.05, 4.69) is 12.7 Å². The molecule has 0 aliphatic heterocycles. The van der Waals surface area contributed by atoms with Crippen LogP contribution in [-0.2, 0) is 4.79 Å². The second kappa shape index (κ2) is 20.4. The van der Waals surface area contributed by atoms with Crippen LogP contribution in [0.4, 0.5) is 0 Å². The molecule has 0 fully saturated rings. The minimum absolute atomic E-state index is 0.278. The van der Waals surface area contributed by atoms with E-state index in [4.69, 9.17) is 10.8 Å². The summed E-state index contributed by atoms with van der Waals surface area (Å²) in [5, 5.41) is 7.60. The molecule has 5 heteroatoms. The van der Waals surface area contributed by atoms with Crippen molar-refractivity contribution in [3.05, 3.63) is 0 Å². The van der Waals surface area contributed by atoms with Gasteiger partial charge in [-0.1, -0.05) is 13.3 Å². The molecule has 0 aliphatic rings. The van der Waals surface area contributed by atoms with Gasteiger partial charge in [0.1, 0.15) is 0 Å². The summed E-state index contributed by atoms with van der Waals surface area (Å²) in [6.45, 7) is 2.00. The van der Waals surface area contributed by atoms with Crippen molar-refractivity contribution in [2.45, 2.75) is 87.3 Å². The number of aliphatic carboxylic acids is 1. The van der Waals surface area contributed by atoms with Crippen molar-refractivity contribution in [1.82, 2.24) is 0 Å². The molecule has 0 saturated heterocycles. The molecule has 0 spiro atoms. The summed E-state index contributed by atoms with van der Waals surface area (Å²) in [5.41, 5.74) is 10.5. The number of carboxylic acid groups (broad SMARTS) is 1. The van der Waals surface area contributed by atoms with Gasteiger partial charge in [0.25, 0.3) is 0 Å². The minimum atomic E-state index is -0.968. The van der Waals surface area contributed by atoms with Crippen LogP contribution in [0.25, 0.3) is 0 Å². The largest absolute Gasteiger partial charge is 0.480 e. The van der Waals surface area contributed by atoms with Crippen LogP contribution >= 0.6 is 0 Å². The number of hydrogen-bond donors (Lipinski definition) is 3. The topological polar surface area (TPSA) is 89.3 Å². The molecule has 0 amide bonds. The standard InChI is InChI=1S/C14H30N.C2H5NO2.Na/c1-3-4-5-6-7-8-9-10-11-12-13-14(2)15;3-1-2(4)5;/h14H,2-13,15H2,1H3;1,3H2,(H,4,5);. The monoisotopic (exact) mass is 310 g/mol. The van der Waals surface area contributed by atoms with Crippen molar-refractivity contribution in [3.63, 3.8) is 0 Å². The molecule has 1 atom stereocenters. The molecular weight excluding hydrogens is 275 g/mol. The first-order chi connectivity index (χ1) is 10.1. The molecule has 0 aromatic carbocycles. The average Bonchev–Trinajstić information content (AvgIpc) is 2.49. The molecule has 122 valence electrons. The quantitative estimate of drug-likeness (QED) is 0.360. The molecule has 0 heterocycles. The molecule has 0 aromatic heterocycles. The van der Waals surface area contributed by atoms with Crippen LogP contribution in [-0.4, -0.2) is 51.6 Å². The molecule has 0 radical (unpaired) electrons. The molecule has 0 saturated carbocycles. The number of nitrogens with two attached hydrogens (primary N) is 2. The van der Waals surface area contributed by atoms with E-state index in [9.17, 15) is 4.79 Å². The number of carboxylic acids is 1. The number of rotatable bonds is 13. The second-order valence-corrected chi connectivity index (χ2v) is 6.55. The zero-order valence-electron chi connectivity index (χ0n) is 14.3. The molecule has 21 heavy (non-hydrogen) atoms. The number of hydrogen-bond acceptors (Lipinski definition) is 3. The van der Waals surface area contributed by atoms with Gasteiger partial charge in [0.2, 0.25) is 0 Å². The summed E-state index contributed by atoms with van der Waals surface area (Å²) < 4.78 is 1.28. The predicted octanol–water partition coefficient (Wildman–Crippen LogP) is 3.24. The van der Waals surface area contributed by atoms with Gasteiger partial charge in [-0.3, -0.25) is 4.79 Å². The molecule has 0 bridgehead atoms. The average molecular weight is 310 g/mol. The molecule has 0 rings (SSSR count).